The highest BCUT2D eigenvalue weighted by molar-refractivity contribution is 6.34. The zero-order valence-electron chi connectivity index (χ0n) is 10.6. The van der Waals surface area contributed by atoms with Crippen LogP contribution in [0.15, 0.2) is 12.4 Å². The first-order chi connectivity index (χ1) is 9.08. The van der Waals surface area contributed by atoms with E-state index in [1.807, 2.05) is 0 Å². The van der Waals surface area contributed by atoms with Gasteiger partial charge in [-0.3, -0.25) is 4.98 Å². The summed E-state index contributed by atoms with van der Waals surface area (Å²) in [5.41, 5.74) is 6.90. The molecule has 1 atom stereocenters. The van der Waals surface area contributed by atoms with Crippen LogP contribution in [0.4, 0.5) is 0 Å². The highest BCUT2D eigenvalue weighted by atomic mass is 35.5. The van der Waals surface area contributed by atoms with E-state index < -0.39 is 5.97 Å². The lowest BCUT2D eigenvalue weighted by Gasteiger charge is -2.11. The predicted octanol–water partition coefficient (Wildman–Crippen LogP) is 1.33. The number of aryl methyl sites for hydroxylation is 1. The third-order valence-electron chi connectivity index (χ3n) is 2.52. The van der Waals surface area contributed by atoms with E-state index in [-0.39, 0.29) is 17.4 Å². The molecule has 0 spiro atoms. The lowest BCUT2D eigenvalue weighted by Crippen LogP contribution is -2.24. The number of carbonyl (C=O) groups excluding carboxylic acids is 1. The number of nitrogens with two attached hydrogens (primary N) is 1. The summed E-state index contributed by atoms with van der Waals surface area (Å²) in [5.74, 6) is 0.681. The van der Waals surface area contributed by atoms with Gasteiger partial charge in [0, 0.05) is 30.6 Å². The Labute approximate surface area is 116 Å². The summed E-state index contributed by atoms with van der Waals surface area (Å²) >= 11 is 5.41. The topological polar surface area (TPSA) is 102 Å². The average Bonchev–Trinajstić information content (AvgIpc) is 2.44. The minimum atomic E-state index is -0.515. The van der Waals surface area contributed by atoms with Gasteiger partial charge in [0.25, 0.3) is 0 Å². The van der Waals surface area contributed by atoms with E-state index in [2.05, 4.69) is 14.7 Å². The summed E-state index contributed by atoms with van der Waals surface area (Å²) in [6.45, 7) is 0. The van der Waals surface area contributed by atoms with Crippen molar-refractivity contribution in [2.75, 3.05) is 7.11 Å². The number of nitrogens with one attached hydrogen (secondary N) is 1. The van der Waals surface area contributed by atoms with E-state index >= 15 is 0 Å². The van der Waals surface area contributed by atoms with Crippen molar-refractivity contribution < 1.29 is 9.53 Å². The Morgan fingerprint density at radius 1 is 1.58 bits per heavy atom. The maximum Gasteiger partial charge on any atom is 0.358 e. The number of ether oxygens (including phenoxy) is 1. The summed E-state index contributed by atoms with van der Waals surface area (Å²) in [4.78, 5) is 19.6. The highest BCUT2D eigenvalue weighted by Crippen LogP contribution is 2.09. The summed E-state index contributed by atoms with van der Waals surface area (Å²) in [7, 11) is 1.30. The number of esters is 1. The highest BCUT2D eigenvalue weighted by Gasteiger charge is 2.15. The number of nitrogens with zero attached hydrogens (tertiary/aromatic N) is 2. The quantitative estimate of drug-likeness (QED) is 0.580. The summed E-state index contributed by atoms with van der Waals surface area (Å²) < 4.78 is 4.64. The van der Waals surface area contributed by atoms with Gasteiger partial charge in [-0.05, 0) is 12.8 Å². The summed E-state index contributed by atoms with van der Waals surface area (Å²) in [6, 6.07) is -0.213. The molecule has 0 aliphatic heterocycles. The maximum atomic E-state index is 11.5. The van der Waals surface area contributed by atoms with Crippen molar-refractivity contribution in [3.05, 3.63) is 29.7 Å². The monoisotopic (exact) mass is 283 g/mol. The van der Waals surface area contributed by atoms with Gasteiger partial charge in [-0.15, -0.1) is 11.6 Å². The van der Waals surface area contributed by atoms with Crippen LogP contribution in [-0.2, 0) is 11.2 Å². The lowest BCUT2D eigenvalue weighted by atomic mass is 10.0. The number of hydrogen-bond donors (Lipinski definition) is 2. The Morgan fingerprint density at radius 3 is 2.89 bits per heavy atom. The number of aromatic nitrogens is 2. The second kappa shape index (κ2) is 7.81. The van der Waals surface area contributed by atoms with Crippen LogP contribution in [0.5, 0.6) is 0 Å². The molecule has 1 unspecified atom stereocenters. The van der Waals surface area contributed by atoms with Crippen LogP contribution < -0.4 is 5.73 Å². The van der Waals surface area contributed by atoms with Crippen molar-refractivity contribution in [1.82, 2.24) is 9.97 Å². The van der Waals surface area contributed by atoms with Crippen LogP contribution >= 0.6 is 11.6 Å². The van der Waals surface area contributed by atoms with Crippen molar-refractivity contribution in [2.45, 2.75) is 25.3 Å². The molecule has 0 amide bonds. The Morgan fingerprint density at radius 2 is 2.26 bits per heavy atom. The molecule has 1 radical (unpaired) electrons. The number of carbonyl (C=O) groups is 1. The number of hydrogen-bond acceptors (Lipinski definition) is 6. The molecule has 0 saturated carbocycles. The van der Waals surface area contributed by atoms with Gasteiger partial charge in [-0.2, -0.15) is 0 Å². The lowest BCUT2D eigenvalue weighted by molar-refractivity contribution is 0.0592. The number of methoxy groups -OCH3 is 1. The molecule has 1 aromatic rings. The first-order valence-electron chi connectivity index (χ1n) is 5.73. The summed E-state index contributed by atoms with van der Waals surface area (Å²) in [5, 5.41) is 7.42. The van der Waals surface area contributed by atoms with Crippen LogP contribution in [0.25, 0.3) is 0 Å². The third-order valence-corrected chi connectivity index (χ3v) is 2.78. The molecule has 7 heteroatoms. The molecule has 19 heavy (non-hydrogen) atoms. The molecule has 3 N–H and O–H groups in total. The van der Waals surface area contributed by atoms with Crippen molar-refractivity contribution in [3.8, 4) is 0 Å². The second-order valence-corrected chi connectivity index (χ2v) is 4.20. The van der Waals surface area contributed by atoms with Crippen molar-refractivity contribution in [1.29, 1.82) is 5.41 Å². The van der Waals surface area contributed by atoms with Crippen molar-refractivity contribution >= 4 is 23.3 Å². The van der Waals surface area contributed by atoms with E-state index in [1.165, 1.54) is 25.4 Å². The third kappa shape index (κ3) is 4.92. The van der Waals surface area contributed by atoms with Crippen LogP contribution in [0.3, 0.4) is 0 Å². The van der Waals surface area contributed by atoms with Gasteiger partial charge in [0.05, 0.1) is 18.7 Å². The molecule has 0 aromatic carbocycles. The molecule has 103 valence electrons. The van der Waals surface area contributed by atoms with Gasteiger partial charge in [-0.1, -0.05) is 0 Å². The molecule has 0 saturated heterocycles. The Kier molecular flexibility index (Phi) is 6.38. The molecule has 0 aliphatic rings. The van der Waals surface area contributed by atoms with Gasteiger partial charge in [-0.25, -0.2) is 9.78 Å². The van der Waals surface area contributed by atoms with E-state index in [0.717, 1.165) is 0 Å². The molecular formula is C12H16ClN4O2. The Hall–Kier alpha value is -1.53. The van der Waals surface area contributed by atoms with Crippen molar-refractivity contribution in [2.24, 2.45) is 5.73 Å². The van der Waals surface area contributed by atoms with E-state index in [0.29, 0.717) is 25.0 Å². The van der Waals surface area contributed by atoms with Crippen LogP contribution in [-0.4, -0.2) is 34.8 Å². The van der Waals surface area contributed by atoms with Gasteiger partial charge < -0.3 is 15.9 Å². The molecule has 0 aliphatic carbocycles. The fourth-order valence-electron chi connectivity index (χ4n) is 1.57. The number of rotatable bonds is 7. The van der Waals surface area contributed by atoms with Crippen LogP contribution in [0.1, 0.15) is 29.0 Å². The largest absolute Gasteiger partial charge is 0.464 e. The predicted molar refractivity (Wildman–Crippen MR) is 72.2 cm³/mol. The van der Waals surface area contributed by atoms with Gasteiger partial charge >= 0.3 is 5.97 Å². The maximum absolute atomic E-state index is 11.5. The molecule has 1 aromatic heterocycles. The second-order valence-electron chi connectivity index (χ2n) is 3.98. The van der Waals surface area contributed by atoms with E-state index in [9.17, 15) is 4.79 Å². The van der Waals surface area contributed by atoms with Gasteiger partial charge in [0.1, 0.15) is 0 Å². The molecular weight excluding hydrogens is 268 g/mol. The van der Waals surface area contributed by atoms with Gasteiger partial charge in [0.15, 0.2) is 5.69 Å². The fourth-order valence-corrected chi connectivity index (χ4v) is 1.66. The Bertz CT molecular complexity index is 453. The zero-order valence-corrected chi connectivity index (χ0v) is 11.4. The average molecular weight is 284 g/mol. The van der Waals surface area contributed by atoms with Crippen LogP contribution in [0, 0.1) is 11.3 Å². The molecule has 0 fully saturated rings. The van der Waals surface area contributed by atoms with E-state index in [1.54, 1.807) is 0 Å². The smallest absolute Gasteiger partial charge is 0.358 e. The first kappa shape index (κ1) is 15.5. The number of halogens is 1. The standard InChI is InChI=1S/C12H16ClN4O2/c1-19-12(18)11-10(16-4-5-17-11)3-2-8(14)6-9(15)7-13/h4-5,7-8,15H,2-3,6,14H2,1H3. The molecule has 6 nitrogen and oxygen atoms in total. The first-order valence-corrected chi connectivity index (χ1v) is 6.16. The normalized spacial score (nSPS) is 11.9. The minimum Gasteiger partial charge on any atom is -0.464 e. The SMILES string of the molecule is COC(=O)c1nccnc1CCC(N)CC(=N)[CH]Cl. The molecule has 1 rings (SSSR count). The van der Waals surface area contributed by atoms with E-state index in [4.69, 9.17) is 22.7 Å². The zero-order chi connectivity index (χ0) is 14.3. The fraction of sp³-hybridized carbons (Fsp3) is 0.417. The van der Waals surface area contributed by atoms with Crippen molar-refractivity contribution in [3.63, 3.8) is 0 Å². The Balaban J connectivity index is 2.62. The van der Waals surface area contributed by atoms with Crippen LogP contribution in [0.2, 0.25) is 0 Å². The minimum absolute atomic E-state index is 0.205. The van der Waals surface area contributed by atoms with Gasteiger partial charge in [0.2, 0.25) is 0 Å². The molecule has 1 heterocycles. The summed E-state index contributed by atoms with van der Waals surface area (Å²) in [6.07, 6.45) is 4.41. The molecule has 0 bridgehead atoms.